The molecule has 0 saturated carbocycles. The molecule has 0 heterocycles. The molecule has 9 heteroatoms. The van der Waals surface area contributed by atoms with Gasteiger partial charge in [0.25, 0.3) is 5.69 Å². The maximum atomic E-state index is 12.1. The van der Waals surface area contributed by atoms with Crippen LogP contribution in [0.25, 0.3) is 0 Å². The second kappa shape index (κ2) is 9.16. The first-order chi connectivity index (χ1) is 12.4. The van der Waals surface area contributed by atoms with Gasteiger partial charge in [-0.15, -0.1) is 0 Å². The molecule has 2 aromatic carbocycles. The minimum absolute atomic E-state index is 0.0654. The number of nitro groups is 1. The maximum Gasteiger partial charge on any atom is 0.271 e. The third kappa shape index (κ3) is 5.43. The molecule has 0 atom stereocenters. The zero-order valence-corrected chi connectivity index (χ0v) is 15.7. The Kier molecular flexibility index (Phi) is 6.93. The number of aryl methyl sites for hydroxylation is 1. The molecule has 0 unspecified atom stereocenters. The first-order valence-corrected chi connectivity index (χ1v) is 8.63. The first-order valence-electron chi connectivity index (χ1n) is 7.83. The van der Waals surface area contributed by atoms with Gasteiger partial charge in [-0.3, -0.25) is 14.9 Å². The number of carbonyl (C=O) groups is 1. The van der Waals surface area contributed by atoms with Crippen molar-refractivity contribution in [1.82, 2.24) is 0 Å². The second-order valence-corrected chi connectivity index (χ2v) is 6.36. The molecule has 1 amide bonds. The highest BCUT2D eigenvalue weighted by atomic mass is 79.9. The number of anilines is 3. The minimum atomic E-state index is -0.508. The van der Waals surface area contributed by atoms with Gasteiger partial charge in [-0.1, -0.05) is 15.9 Å². The molecule has 0 bridgehead atoms. The number of hydrogen-bond donors (Lipinski definition) is 4. The van der Waals surface area contributed by atoms with Gasteiger partial charge in [0.15, 0.2) is 0 Å². The van der Waals surface area contributed by atoms with E-state index in [9.17, 15) is 14.9 Å². The zero-order chi connectivity index (χ0) is 19.1. The highest BCUT2D eigenvalue weighted by Gasteiger charge is 2.12. The van der Waals surface area contributed by atoms with Gasteiger partial charge in [-0.25, -0.2) is 0 Å². The molecule has 4 N–H and O–H groups in total. The van der Waals surface area contributed by atoms with E-state index in [0.29, 0.717) is 17.1 Å². The maximum absolute atomic E-state index is 12.1. The lowest BCUT2D eigenvalue weighted by Crippen LogP contribution is -2.22. The van der Waals surface area contributed by atoms with Crippen LogP contribution in [0.1, 0.15) is 5.56 Å². The van der Waals surface area contributed by atoms with E-state index in [2.05, 4.69) is 31.9 Å². The van der Waals surface area contributed by atoms with Gasteiger partial charge in [0.2, 0.25) is 5.91 Å². The summed E-state index contributed by atoms with van der Waals surface area (Å²) >= 11 is 3.40. The summed E-state index contributed by atoms with van der Waals surface area (Å²) in [6.45, 7) is 2.06. The number of hydrogen-bond acceptors (Lipinski definition) is 6. The number of rotatable bonds is 8. The van der Waals surface area contributed by atoms with Crippen molar-refractivity contribution in [1.29, 1.82) is 0 Å². The van der Waals surface area contributed by atoms with Crippen molar-refractivity contribution in [3.05, 3.63) is 56.5 Å². The Labute approximate surface area is 158 Å². The van der Waals surface area contributed by atoms with Crippen LogP contribution in [0.3, 0.4) is 0 Å². The Balaban J connectivity index is 2.06. The Hall–Kier alpha value is -2.65. The molecular formula is C17H19BrN4O4. The third-order valence-corrected chi connectivity index (χ3v) is 4.41. The van der Waals surface area contributed by atoms with Crippen molar-refractivity contribution in [2.24, 2.45) is 0 Å². The molecule has 0 aliphatic carbocycles. The molecule has 0 radical (unpaired) electrons. The van der Waals surface area contributed by atoms with Crippen LogP contribution in [0.15, 0.2) is 40.9 Å². The summed E-state index contributed by atoms with van der Waals surface area (Å²) in [4.78, 5) is 22.6. The lowest BCUT2D eigenvalue weighted by molar-refractivity contribution is -0.384. The van der Waals surface area contributed by atoms with Crippen molar-refractivity contribution in [3.8, 4) is 0 Å². The van der Waals surface area contributed by atoms with Crippen LogP contribution in [0.2, 0.25) is 0 Å². The van der Waals surface area contributed by atoms with Crippen LogP contribution in [-0.4, -0.2) is 35.6 Å². The highest BCUT2D eigenvalue weighted by molar-refractivity contribution is 9.10. The summed E-state index contributed by atoms with van der Waals surface area (Å²) < 4.78 is 0.949. The van der Waals surface area contributed by atoms with E-state index in [4.69, 9.17) is 5.11 Å². The Morgan fingerprint density at radius 1 is 1.19 bits per heavy atom. The molecule has 138 valence electrons. The average Bonchev–Trinajstić information content (AvgIpc) is 2.61. The monoisotopic (exact) mass is 422 g/mol. The van der Waals surface area contributed by atoms with Gasteiger partial charge in [0.1, 0.15) is 0 Å². The van der Waals surface area contributed by atoms with Crippen molar-refractivity contribution < 1.29 is 14.8 Å². The molecule has 2 aromatic rings. The number of benzene rings is 2. The van der Waals surface area contributed by atoms with Crippen molar-refractivity contribution >= 4 is 44.6 Å². The minimum Gasteiger partial charge on any atom is -0.395 e. The van der Waals surface area contributed by atoms with Crippen LogP contribution in [0, 0.1) is 17.0 Å². The average molecular weight is 423 g/mol. The zero-order valence-electron chi connectivity index (χ0n) is 14.1. The summed E-state index contributed by atoms with van der Waals surface area (Å²) in [5.41, 5.74) is 2.54. The summed E-state index contributed by atoms with van der Waals surface area (Å²) in [6, 6.07) is 9.69. The topological polar surface area (TPSA) is 117 Å². The SMILES string of the molecule is Cc1cc(NC(=O)CNc2cc([N+](=O)[O-])ccc2NCCO)ccc1Br. The number of halogens is 1. The number of nitrogens with zero attached hydrogens (tertiary/aromatic N) is 1. The van der Waals surface area contributed by atoms with Crippen molar-refractivity contribution in [3.63, 3.8) is 0 Å². The number of aliphatic hydroxyl groups excluding tert-OH is 1. The Bertz CT molecular complexity index is 813. The molecule has 8 nitrogen and oxygen atoms in total. The smallest absolute Gasteiger partial charge is 0.271 e. The quantitative estimate of drug-likeness (QED) is 0.383. The third-order valence-electron chi connectivity index (χ3n) is 3.52. The number of amides is 1. The van der Waals surface area contributed by atoms with E-state index >= 15 is 0 Å². The molecule has 0 aromatic heterocycles. The summed E-state index contributed by atoms with van der Waals surface area (Å²) in [5.74, 6) is -0.286. The largest absolute Gasteiger partial charge is 0.395 e. The summed E-state index contributed by atoms with van der Waals surface area (Å²) in [6.07, 6.45) is 0. The molecule has 0 aliphatic rings. The van der Waals surface area contributed by atoms with Gasteiger partial charge < -0.3 is 21.1 Å². The lowest BCUT2D eigenvalue weighted by atomic mass is 10.2. The standard InChI is InChI=1S/C17H19BrN4O4/c1-11-8-12(2-4-14(11)18)21-17(24)10-20-16-9-13(22(25)26)3-5-15(16)19-6-7-23/h2-5,8-9,19-20,23H,6-7,10H2,1H3,(H,21,24). The lowest BCUT2D eigenvalue weighted by Gasteiger charge is -2.13. The van der Waals surface area contributed by atoms with Crippen LogP contribution in [0.4, 0.5) is 22.7 Å². The Morgan fingerprint density at radius 3 is 2.62 bits per heavy atom. The fourth-order valence-electron chi connectivity index (χ4n) is 2.24. The van der Waals surface area contributed by atoms with Gasteiger partial charge in [0, 0.05) is 28.8 Å². The van der Waals surface area contributed by atoms with E-state index in [-0.39, 0.29) is 31.3 Å². The summed E-state index contributed by atoms with van der Waals surface area (Å²) in [5, 5.41) is 28.5. The number of non-ortho nitro benzene ring substituents is 1. The van der Waals surface area contributed by atoms with Gasteiger partial charge in [-0.05, 0) is 36.8 Å². The molecular weight excluding hydrogens is 404 g/mol. The fraction of sp³-hybridized carbons (Fsp3) is 0.235. The molecule has 0 spiro atoms. The molecule has 2 rings (SSSR count). The number of nitro benzene ring substituents is 1. The molecule has 26 heavy (non-hydrogen) atoms. The fourth-order valence-corrected chi connectivity index (χ4v) is 2.49. The van der Waals surface area contributed by atoms with Crippen LogP contribution in [-0.2, 0) is 4.79 Å². The number of carbonyl (C=O) groups excluding carboxylic acids is 1. The van der Waals surface area contributed by atoms with E-state index in [1.807, 2.05) is 19.1 Å². The molecule has 0 saturated heterocycles. The van der Waals surface area contributed by atoms with Crippen molar-refractivity contribution in [2.45, 2.75) is 6.92 Å². The Morgan fingerprint density at radius 2 is 1.96 bits per heavy atom. The molecule has 0 fully saturated rings. The van der Waals surface area contributed by atoms with E-state index in [1.54, 1.807) is 6.07 Å². The van der Waals surface area contributed by atoms with Gasteiger partial charge >= 0.3 is 0 Å². The van der Waals surface area contributed by atoms with E-state index in [0.717, 1.165) is 10.0 Å². The van der Waals surface area contributed by atoms with Crippen LogP contribution < -0.4 is 16.0 Å². The number of aliphatic hydroxyl groups is 1. The number of nitrogens with one attached hydrogen (secondary N) is 3. The van der Waals surface area contributed by atoms with Gasteiger partial charge in [0.05, 0.1) is 29.4 Å². The highest BCUT2D eigenvalue weighted by Crippen LogP contribution is 2.27. The van der Waals surface area contributed by atoms with Crippen molar-refractivity contribution in [2.75, 3.05) is 35.6 Å². The van der Waals surface area contributed by atoms with Crippen LogP contribution in [0.5, 0.6) is 0 Å². The van der Waals surface area contributed by atoms with Crippen LogP contribution >= 0.6 is 15.9 Å². The normalized spacial score (nSPS) is 10.3. The predicted octanol–water partition coefficient (Wildman–Crippen LogP) is 3.12. The predicted molar refractivity (Wildman–Crippen MR) is 105 cm³/mol. The first kappa shape index (κ1) is 19.7. The van der Waals surface area contributed by atoms with E-state index in [1.165, 1.54) is 18.2 Å². The van der Waals surface area contributed by atoms with E-state index < -0.39 is 4.92 Å². The molecule has 0 aliphatic heterocycles. The van der Waals surface area contributed by atoms with Gasteiger partial charge in [-0.2, -0.15) is 0 Å². The summed E-state index contributed by atoms with van der Waals surface area (Å²) in [7, 11) is 0. The second-order valence-electron chi connectivity index (χ2n) is 5.50.